The van der Waals surface area contributed by atoms with Gasteiger partial charge in [0.15, 0.2) is 0 Å². The van der Waals surface area contributed by atoms with Gasteiger partial charge in [-0.1, -0.05) is 120 Å². The van der Waals surface area contributed by atoms with Crippen LogP contribution in [0.1, 0.15) is 78.1 Å². The third-order valence-electron chi connectivity index (χ3n) is 4.02. The fraction of sp³-hybridized carbons (Fsp3) is 0.500. The van der Waals surface area contributed by atoms with Crippen molar-refractivity contribution < 1.29 is 5.11 Å². The maximum Gasteiger partial charge on any atom is 0.0823 e. The number of allylic oxidation sites excluding steroid dienone is 11. The molecule has 0 aliphatic rings. The van der Waals surface area contributed by atoms with E-state index in [4.69, 9.17) is 5.11 Å². The SMILES string of the molecule is CCCCCCCCCC/C=C/C=C/C=C/C=C/C=C/C(=C/O)CC. The Hall–Kier alpha value is -1.76. The molecule has 1 nitrogen and oxygen atoms in total. The third kappa shape index (κ3) is 18.4. The first-order valence-electron chi connectivity index (χ1n) is 10.0. The van der Waals surface area contributed by atoms with Crippen molar-refractivity contribution in [2.24, 2.45) is 0 Å². The molecule has 0 aromatic carbocycles. The summed E-state index contributed by atoms with van der Waals surface area (Å²) < 4.78 is 0. The standard InChI is InChI=1S/C24H38O/c1-3-5-6-7-8-9-10-11-12-13-14-15-16-17-18-19-20-21-22-24(4-2)23-25/h13-23,25H,3-12H2,1-2H3/b14-13+,16-15+,18-17+,20-19+,22-21+,24-23+. The van der Waals surface area contributed by atoms with Gasteiger partial charge < -0.3 is 5.11 Å². The van der Waals surface area contributed by atoms with Gasteiger partial charge in [0.1, 0.15) is 0 Å². The molecule has 0 fully saturated rings. The average molecular weight is 343 g/mol. The number of aliphatic hydroxyl groups is 1. The second-order valence-corrected chi connectivity index (χ2v) is 6.26. The van der Waals surface area contributed by atoms with Crippen LogP contribution in [0.4, 0.5) is 0 Å². The van der Waals surface area contributed by atoms with Gasteiger partial charge in [-0.05, 0) is 24.8 Å². The van der Waals surface area contributed by atoms with E-state index in [1.54, 1.807) is 0 Å². The summed E-state index contributed by atoms with van der Waals surface area (Å²) in [5.41, 5.74) is 0.926. The zero-order valence-corrected chi connectivity index (χ0v) is 16.4. The highest BCUT2D eigenvalue weighted by Gasteiger charge is 1.89. The van der Waals surface area contributed by atoms with Gasteiger partial charge >= 0.3 is 0 Å². The molecule has 0 atom stereocenters. The minimum absolute atomic E-state index is 0.838. The first-order chi connectivity index (χ1) is 12.3. The lowest BCUT2D eigenvalue weighted by Gasteiger charge is -1.99. The zero-order valence-electron chi connectivity index (χ0n) is 16.4. The number of unbranched alkanes of at least 4 members (excludes halogenated alkanes) is 8. The second-order valence-electron chi connectivity index (χ2n) is 6.26. The van der Waals surface area contributed by atoms with E-state index in [1.807, 2.05) is 49.5 Å². The lowest BCUT2D eigenvalue weighted by Crippen LogP contribution is -1.79. The Morgan fingerprint density at radius 2 is 1.16 bits per heavy atom. The fourth-order valence-corrected chi connectivity index (χ4v) is 2.39. The van der Waals surface area contributed by atoms with Crippen molar-refractivity contribution in [1.82, 2.24) is 0 Å². The zero-order chi connectivity index (χ0) is 18.4. The summed E-state index contributed by atoms with van der Waals surface area (Å²) in [6.45, 7) is 4.29. The summed E-state index contributed by atoms with van der Waals surface area (Å²) in [6, 6.07) is 0. The molecule has 0 amide bonds. The Balaban J connectivity index is 3.59. The van der Waals surface area contributed by atoms with Crippen LogP contribution in [0.15, 0.2) is 72.6 Å². The highest BCUT2D eigenvalue weighted by molar-refractivity contribution is 5.23. The third-order valence-corrected chi connectivity index (χ3v) is 4.02. The van der Waals surface area contributed by atoms with Crippen molar-refractivity contribution in [2.75, 3.05) is 0 Å². The van der Waals surface area contributed by atoms with Crippen LogP contribution >= 0.6 is 0 Å². The molecule has 0 heterocycles. The van der Waals surface area contributed by atoms with Crippen LogP contribution in [0.25, 0.3) is 0 Å². The van der Waals surface area contributed by atoms with Crippen LogP contribution in [0.5, 0.6) is 0 Å². The predicted octanol–water partition coefficient (Wildman–Crippen LogP) is 8.15. The van der Waals surface area contributed by atoms with Crippen molar-refractivity contribution >= 4 is 0 Å². The van der Waals surface area contributed by atoms with E-state index in [1.165, 1.54) is 57.8 Å². The summed E-state index contributed by atoms with van der Waals surface area (Å²) in [4.78, 5) is 0. The molecule has 1 N–H and O–H groups in total. The molecule has 1 heteroatoms. The Morgan fingerprint density at radius 1 is 0.640 bits per heavy atom. The largest absolute Gasteiger partial charge is 0.515 e. The summed E-state index contributed by atoms with van der Waals surface area (Å²) in [6.07, 6.45) is 34.6. The van der Waals surface area contributed by atoms with E-state index < -0.39 is 0 Å². The Bertz CT molecular complexity index is 447. The number of aliphatic hydroxyl groups excluding tert-OH is 1. The molecule has 0 saturated carbocycles. The smallest absolute Gasteiger partial charge is 0.0823 e. The minimum atomic E-state index is 0.838. The van der Waals surface area contributed by atoms with E-state index >= 15 is 0 Å². The molecule has 0 aromatic heterocycles. The highest BCUT2D eigenvalue weighted by atomic mass is 16.2. The average Bonchev–Trinajstić information content (AvgIpc) is 2.64. The van der Waals surface area contributed by atoms with E-state index in [-0.39, 0.29) is 0 Å². The van der Waals surface area contributed by atoms with E-state index in [0.717, 1.165) is 18.3 Å². The molecule has 0 aliphatic heterocycles. The first-order valence-corrected chi connectivity index (χ1v) is 10.0. The molecule has 0 aliphatic carbocycles. The Labute approximate surface area is 156 Å². The van der Waals surface area contributed by atoms with Crippen LogP contribution in [0.3, 0.4) is 0 Å². The number of hydrogen-bond donors (Lipinski definition) is 1. The van der Waals surface area contributed by atoms with E-state index in [9.17, 15) is 0 Å². The summed E-state index contributed by atoms with van der Waals surface area (Å²) in [5.74, 6) is 0. The fourth-order valence-electron chi connectivity index (χ4n) is 2.39. The molecule has 0 aromatic rings. The summed E-state index contributed by atoms with van der Waals surface area (Å²) >= 11 is 0. The maximum absolute atomic E-state index is 8.90. The van der Waals surface area contributed by atoms with Crippen LogP contribution in [0.2, 0.25) is 0 Å². The first kappa shape index (κ1) is 23.2. The normalized spacial score (nSPS) is 13.6. The van der Waals surface area contributed by atoms with Gasteiger partial charge in [0.25, 0.3) is 0 Å². The van der Waals surface area contributed by atoms with Gasteiger partial charge in [-0.25, -0.2) is 0 Å². The lowest BCUT2D eigenvalue weighted by molar-refractivity contribution is 0.467. The monoisotopic (exact) mass is 342 g/mol. The second kappa shape index (κ2) is 20.3. The Morgan fingerprint density at radius 3 is 1.72 bits per heavy atom. The van der Waals surface area contributed by atoms with Crippen LogP contribution in [0, 0.1) is 0 Å². The quantitative estimate of drug-likeness (QED) is 0.181. The van der Waals surface area contributed by atoms with E-state index in [0.29, 0.717) is 0 Å². The molecule has 0 bridgehead atoms. The minimum Gasteiger partial charge on any atom is -0.515 e. The van der Waals surface area contributed by atoms with Gasteiger partial charge in [0.2, 0.25) is 0 Å². The van der Waals surface area contributed by atoms with Crippen LogP contribution in [-0.4, -0.2) is 5.11 Å². The summed E-state index contributed by atoms with van der Waals surface area (Å²) in [7, 11) is 0. The maximum atomic E-state index is 8.90. The molecule has 0 rings (SSSR count). The van der Waals surface area contributed by atoms with Gasteiger partial charge in [0, 0.05) is 0 Å². The molecule has 25 heavy (non-hydrogen) atoms. The highest BCUT2D eigenvalue weighted by Crippen LogP contribution is 2.09. The van der Waals surface area contributed by atoms with Gasteiger partial charge in [-0.15, -0.1) is 0 Å². The topological polar surface area (TPSA) is 20.2 Å². The molecular weight excluding hydrogens is 304 g/mol. The molecule has 140 valence electrons. The van der Waals surface area contributed by atoms with Gasteiger partial charge in [-0.2, -0.15) is 0 Å². The lowest BCUT2D eigenvalue weighted by atomic mass is 10.1. The van der Waals surface area contributed by atoms with Gasteiger partial charge in [-0.3, -0.25) is 0 Å². The van der Waals surface area contributed by atoms with Crippen molar-refractivity contribution in [3.8, 4) is 0 Å². The predicted molar refractivity (Wildman–Crippen MR) is 114 cm³/mol. The molecule has 0 unspecified atom stereocenters. The van der Waals surface area contributed by atoms with E-state index in [2.05, 4.69) is 25.2 Å². The van der Waals surface area contributed by atoms with Crippen molar-refractivity contribution in [3.05, 3.63) is 72.6 Å². The number of rotatable bonds is 15. The number of hydrogen-bond acceptors (Lipinski definition) is 1. The van der Waals surface area contributed by atoms with Gasteiger partial charge in [0.05, 0.1) is 6.26 Å². The molecule has 0 spiro atoms. The van der Waals surface area contributed by atoms with Crippen molar-refractivity contribution in [2.45, 2.75) is 78.1 Å². The van der Waals surface area contributed by atoms with Crippen molar-refractivity contribution in [3.63, 3.8) is 0 Å². The van der Waals surface area contributed by atoms with Crippen LogP contribution in [-0.2, 0) is 0 Å². The van der Waals surface area contributed by atoms with Crippen LogP contribution < -0.4 is 0 Å². The molecular formula is C24H38O. The Kier molecular flexibility index (Phi) is 18.9. The van der Waals surface area contributed by atoms with Crippen molar-refractivity contribution in [1.29, 1.82) is 0 Å². The molecule has 0 radical (unpaired) electrons. The molecule has 0 saturated heterocycles. The summed E-state index contributed by atoms with van der Waals surface area (Å²) in [5, 5.41) is 8.90.